The molecular weight excluding hydrogens is 625 g/mol. The van der Waals surface area contributed by atoms with E-state index in [1.165, 1.54) is 37.3 Å². The first-order valence-electron chi connectivity index (χ1n) is 14.4. The van der Waals surface area contributed by atoms with Crippen molar-refractivity contribution in [2.75, 3.05) is 25.1 Å². The monoisotopic (exact) mass is 661 g/mol. The lowest BCUT2D eigenvalue weighted by Crippen LogP contribution is -2.53. The highest BCUT2D eigenvalue weighted by molar-refractivity contribution is 7.92. The molecule has 44 heavy (non-hydrogen) atoms. The molecule has 1 fully saturated rings. The van der Waals surface area contributed by atoms with Crippen LogP contribution in [0, 0.1) is 0 Å². The van der Waals surface area contributed by atoms with Crippen LogP contribution in [0.1, 0.15) is 44.6 Å². The summed E-state index contributed by atoms with van der Waals surface area (Å²) in [5.74, 6) is -0.412. The van der Waals surface area contributed by atoms with Crippen LogP contribution >= 0.6 is 23.2 Å². The smallest absolute Gasteiger partial charge is 0.264 e. The minimum Gasteiger partial charge on any atom is -0.497 e. The van der Waals surface area contributed by atoms with Crippen LogP contribution in [0.5, 0.6) is 11.5 Å². The number of nitrogens with one attached hydrogen (secondary N) is 1. The molecule has 0 spiro atoms. The average molecular weight is 663 g/mol. The van der Waals surface area contributed by atoms with Crippen molar-refractivity contribution in [3.63, 3.8) is 0 Å². The van der Waals surface area contributed by atoms with Crippen molar-refractivity contribution in [1.82, 2.24) is 10.2 Å². The molecule has 1 saturated carbocycles. The highest BCUT2D eigenvalue weighted by Gasteiger charge is 2.35. The Bertz CT molecular complexity index is 1550. The molecule has 0 unspecified atom stereocenters. The zero-order chi connectivity index (χ0) is 31.9. The normalized spacial score (nSPS) is 14.4. The Hall–Kier alpha value is -3.47. The molecular formula is C32H37Cl2N3O6S. The van der Waals surface area contributed by atoms with Crippen LogP contribution in [-0.2, 0) is 26.2 Å². The van der Waals surface area contributed by atoms with Crippen molar-refractivity contribution in [2.24, 2.45) is 0 Å². The van der Waals surface area contributed by atoms with Gasteiger partial charge in [-0.25, -0.2) is 8.42 Å². The van der Waals surface area contributed by atoms with Crippen LogP contribution in [-0.4, -0.2) is 58.0 Å². The summed E-state index contributed by atoms with van der Waals surface area (Å²) < 4.78 is 40.1. The third kappa shape index (κ3) is 7.78. The fraction of sp³-hybridized carbons (Fsp3) is 0.375. The van der Waals surface area contributed by atoms with E-state index in [0.29, 0.717) is 21.4 Å². The number of carbonyl (C=O) groups is 2. The van der Waals surface area contributed by atoms with Gasteiger partial charge in [-0.2, -0.15) is 0 Å². The van der Waals surface area contributed by atoms with E-state index in [4.69, 9.17) is 32.7 Å². The number of halogens is 2. The summed E-state index contributed by atoms with van der Waals surface area (Å²) in [7, 11) is -1.44. The largest absolute Gasteiger partial charge is 0.497 e. The molecule has 12 heteroatoms. The Morgan fingerprint density at radius 2 is 1.59 bits per heavy atom. The molecule has 1 N–H and O–H groups in total. The molecule has 0 aliphatic heterocycles. The topological polar surface area (TPSA) is 105 Å². The van der Waals surface area contributed by atoms with Gasteiger partial charge in [-0.1, -0.05) is 66.7 Å². The molecule has 3 aromatic carbocycles. The highest BCUT2D eigenvalue weighted by atomic mass is 35.5. The molecule has 0 bridgehead atoms. The van der Waals surface area contributed by atoms with Gasteiger partial charge in [-0.05, 0) is 56.2 Å². The van der Waals surface area contributed by atoms with Gasteiger partial charge >= 0.3 is 0 Å². The van der Waals surface area contributed by atoms with Crippen molar-refractivity contribution in [1.29, 1.82) is 0 Å². The van der Waals surface area contributed by atoms with Gasteiger partial charge in [-0.3, -0.25) is 13.9 Å². The van der Waals surface area contributed by atoms with E-state index in [9.17, 15) is 18.0 Å². The first-order chi connectivity index (χ1) is 21.1. The van der Waals surface area contributed by atoms with Gasteiger partial charge in [0.2, 0.25) is 11.8 Å². The average Bonchev–Trinajstić information content (AvgIpc) is 3.03. The van der Waals surface area contributed by atoms with Crippen molar-refractivity contribution in [3.8, 4) is 11.5 Å². The van der Waals surface area contributed by atoms with Crippen molar-refractivity contribution >= 4 is 50.7 Å². The van der Waals surface area contributed by atoms with Gasteiger partial charge < -0.3 is 19.7 Å². The predicted molar refractivity (Wildman–Crippen MR) is 172 cm³/mol. The Balaban J connectivity index is 1.77. The number of hydrogen-bond donors (Lipinski definition) is 1. The lowest BCUT2D eigenvalue weighted by molar-refractivity contribution is -0.139. The van der Waals surface area contributed by atoms with Gasteiger partial charge in [0.1, 0.15) is 24.1 Å². The molecule has 4 rings (SSSR count). The van der Waals surface area contributed by atoms with Crippen LogP contribution in [0.3, 0.4) is 0 Å². The number of anilines is 1. The standard InChI is InChI=1S/C32H37Cl2N3O6S/c1-22(32(39)35-23-11-6-4-7-12-23)36(20-26-27(33)15-10-16-28(26)34)31(38)21-37(44(40,41)25-13-8-5-9-14-25)29-19-24(42-2)17-18-30(29)43-3/h5,8-10,13-19,22-23H,4,6-7,11-12,20-21H2,1-3H3,(H,35,39)/t22-/m1/s1. The van der Waals surface area contributed by atoms with Crippen LogP contribution in [0.25, 0.3) is 0 Å². The third-order valence-electron chi connectivity index (χ3n) is 7.77. The van der Waals surface area contributed by atoms with E-state index in [1.54, 1.807) is 55.5 Å². The van der Waals surface area contributed by atoms with Crippen molar-refractivity contribution < 1.29 is 27.5 Å². The number of benzene rings is 3. The molecule has 9 nitrogen and oxygen atoms in total. The molecule has 236 valence electrons. The fourth-order valence-corrected chi connectivity index (χ4v) is 7.18. The Morgan fingerprint density at radius 3 is 2.20 bits per heavy atom. The lowest BCUT2D eigenvalue weighted by atomic mass is 9.95. The lowest BCUT2D eigenvalue weighted by Gasteiger charge is -2.34. The zero-order valence-corrected chi connectivity index (χ0v) is 27.3. The van der Waals surface area contributed by atoms with Crippen LogP contribution in [0.4, 0.5) is 5.69 Å². The van der Waals surface area contributed by atoms with Crippen LogP contribution in [0.15, 0.2) is 71.6 Å². The number of nitrogens with zero attached hydrogens (tertiary/aromatic N) is 2. The minimum atomic E-state index is -4.30. The van der Waals surface area contributed by atoms with E-state index >= 15 is 0 Å². The maximum Gasteiger partial charge on any atom is 0.264 e. The Kier molecular flexibility index (Phi) is 11.4. The predicted octanol–water partition coefficient (Wildman–Crippen LogP) is 6.07. The van der Waals surface area contributed by atoms with Gasteiger partial charge in [-0.15, -0.1) is 0 Å². The molecule has 3 aromatic rings. The molecule has 0 saturated heterocycles. The quantitative estimate of drug-likeness (QED) is 0.253. The van der Waals surface area contributed by atoms with Gasteiger partial charge in [0.05, 0.1) is 24.8 Å². The van der Waals surface area contributed by atoms with Gasteiger partial charge in [0.15, 0.2) is 0 Å². The maximum atomic E-state index is 14.3. The summed E-state index contributed by atoms with van der Waals surface area (Å²) in [6.45, 7) is 0.845. The second kappa shape index (κ2) is 15.0. The van der Waals surface area contributed by atoms with Gasteiger partial charge in [0, 0.05) is 34.3 Å². The number of ether oxygens (including phenoxy) is 2. The summed E-state index contributed by atoms with van der Waals surface area (Å²) in [6, 6.07) is 16.5. The zero-order valence-electron chi connectivity index (χ0n) is 25.0. The summed E-state index contributed by atoms with van der Waals surface area (Å²) in [4.78, 5) is 29.1. The SMILES string of the molecule is COc1ccc(OC)c(N(CC(=O)N(Cc2c(Cl)cccc2Cl)[C@H](C)C(=O)NC2CCCCC2)S(=O)(=O)c2ccccc2)c1. The molecule has 2 amide bonds. The number of carbonyl (C=O) groups excluding carboxylic acids is 2. The summed E-state index contributed by atoms with van der Waals surface area (Å²) in [5, 5.41) is 3.71. The summed E-state index contributed by atoms with van der Waals surface area (Å²) in [5.41, 5.74) is 0.539. The molecule has 1 atom stereocenters. The molecule has 0 aromatic heterocycles. The van der Waals surface area contributed by atoms with E-state index in [0.717, 1.165) is 36.4 Å². The van der Waals surface area contributed by atoms with E-state index in [2.05, 4.69) is 5.32 Å². The Labute approximate surface area is 269 Å². The first-order valence-corrected chi connectivity index (χ1v) is 16.6. The number of hydrogen-bond acceptors (Lipinski definition) is 6. The molecule has 0 radical (unpaired) electrons. The van der Waals surface area contributed by atoms with E-state index < -0.39 is 28.5 Å². The van der Waals surface area contributed by atoms with Crippen molar-refractivity contribution in [2.45, 2.75) is 62.6 Å². The van der Waals surface area contributed by atoms with Gasteiger partial charge in [0.25, 0.3) is 10.0 Å². The highest BCUT2D eigenvalue weighted by Crippen LogP contribution is 2.36. The third-order valence-corrected chi connectivity index (χ3v) is 10.3. The number of methoxy groups -OCH3 is 2. The number of sulfonamides is 1. The fourth-order valence-electron chi connectivity index (χ4n) is 5.23. The van der Waals surface area contributed by atoms with Crippen molar-refractivity contribution in [3.05, 3.63) is 82.3 Å². The second-order valence-corrected chi connectivity index (χ2v) is 13.3. The molecule has 1 aliphatic rings. The van der Waals surface area contributed by atoms with E-state index in [1.807, 2.05) is 0 Å². The molecule has 1 aliphatic carbocycles. The second-order valence-electron chi connectivity index (χ2n) is 10.6. The Morgan fingerprint density at radius 1 is 0.932 bits per heavy atom. The summed E-state index contributed by atoms with van der Waals surface area (Å²) in [6.07, 6.45) is 4.89. The van der Waals surface area contributed by atoms with Crippen LogP contribution in [0.2, 0.25) is 10.0 Å². The maximum absolute atomic E-state index is 14.3. The van der Waals surface area contributed by atoms with E-state index in [-0.39, 0.29) is 34.8 Å². The number of rotatable bonds is 12. The summed E-state index contributed by atoms with van der Waals surface area (Å²) >= 11 is 13.0. The first kappa shape index (κ1) is 33.4. The van der Waals surface area contributed by atoms with Crippen LogP contribution < -0.4 is 19.1 Å². The number of amides is 2. The minimum absolute atomic E-state index is 0.00977. The molecule has 0 heterocycles.